The fourth-order valence-corrected chi connectivity index (χ4v) is 13.2. The predicted molar refractivity (Wildman–Crippen MR) is 202 cm³/mol. The molecule has 3 heterocycles. The van der Waals surface area contributed by atoms with Gasteiger partial charge in [-0.3, -0.25) is 14.5 Å². The number of nitrogens with zero attached hydrogens (tertiary/aromatic N) is 2. The average Bonchev–Trinajstić information content (AvgIpc) is 3.70. The second kappa shape index (κ2) is 12.4. The maximum Gasteiger partial charge on any atom is 0.264 e. The van der Waals surface area contributed by atoms with Crippen LogP contribution in [0.2, 0.25) is 18.6 Å². The van der Waals surface area contributed by atoms with Crippen LogP contribution >= 0.6 is 0 Å². The summed E-state index contributed by atoms with van der Waals surface area (Å²) in [6.45, 7) is 7.05. The van der Waals surface area contributed by atoms with Crippen LogP contribution in [-0.4, -0.2) is 51.9 Å². The van der Waals surface area contributed by atoms with E-state index < -0.39 is 13.7 Å². The molecule has 3 aliphatic heterocycles. The minimum absolute atomic E-state index is 0.0230. The first kappa shape index (κ1) is 33.2. The number of ether oxygens (including phenoxy) is 3. The number of benzene rings is 5. The molecule has 8 nitrogen and oxygen atoms in total. The van der Waals surface area contributed by atoms with Gasteiger partial charge in [0.2, 0.25) is 0 Å². The van der Waals surface area contributed by atoms with Crippen LogP contribution in [0.1, 0.15) is 34.8 Å². The number of carbonyl (C=O) groups excluding carboxylic acids is 2. The van der Waals surface area contributed by atoms with Gasteiger partial charge in [0.15, 0.2) is 5.60 Å². The number of rotatable bonds is 9. The maximum atomic E-state index is 15.1. The van der Waals surface area contributed by atoms with Crippen LogP contribution in [0.4, 0.5) is 17.1 Å². The highest BCUT2D eigenvalue weighted by Gasteiger charge is 2.66. The van der Waals surface area contributed by atoms with Gasteiger partial charge in [-0.05, 0) is 77.5 Å². The molecule has 2 amide bonds. The normalized spacial score (nSPS) is 22.4. The van der Waals surface area contributed by atoms with Crippen LogP contribution < -0.4 is 24.5 Å². The van der Waals surface area contributed by atoms with Crippen molar-refractivity contribution in [3.63, 3.8) is 0 Å². The zero-order valence-electron chi connectivity index (χ0n) is 29.6. The largest absolute Gasteiger partial charge is 0.497 e. The summed E-state index contributed by atoms with van der Waals surface area (Å²) in [5.41, 5.74) is 3.51. The molecule has 0 unspecified atom stereocenters. The summed E-state index contributed by atoms with van der Waals surface area (Å²) in [5, 5.41) is 13.5. The molecule has 0 saturated carbocycles. The van der Waals surface area contributed by atoms with E-state index in [0.29, 0.717) is 17.7 Å². The number of aliphatic hydroxyl groups excluding tert-OH is 1. The van der Waals surface area contributed by atoms with Gasteiger partial charge in [0, 0.05) is 29.2 Å². The summed E-state index contributed by atoms with van der Waals surface area (Å²) in [7, 11) is 0.976. The Bertz CT molecular complexity index is 2180. The number of amides is 2. The van der Waals surface area contributed by atoms with E-state index in [9.17, 15) is 9.90 Å². The van der Waals surface area contributed by atoms with Crippen molar-refractivity contribution in [2.24, 2.45) is 5.92 Å². The number of aliphatic hydroxyl groups is 1. The third-order valence-electron chi connectivity index (χ3n) is 11.5. The van der Waals surface area contributed by atoms with E-state index in [1.807, 2.05) is 95.9 Å². The molecule has 51 heavy (non-hydrogen) atoms. The number of hydrogen-bond acceptors (Lipinski definition) is 6. The molecule has 3 aliphatic rings. The van der Waals surface area contributed by atoms with Crippen molar-refractivity contribution in [3.8, 4) is 11.5 Å². The number of anilines is 3. The van der Waals surface area contributed by atoms with E-state index in [2.05, 4.69) is 32.2 Å². The predicted octanol–water partition coefficient (Wildman–Crippen LogP) is 7.29. The van der Waals surface area contributed by atoms with Crippen molar-refractivity contribution in [3.05, 3.63) is 120 Å². The fraction of sp³-hybridized carbons (Fsp3) is 0.286. The molecule has 5 aromatic carbocycles. The fourth-order valence-electron chi connectivity index (χ4n) is 9.12. The molecule has 5 aromatic rings. The van der Waals surface area contributed by atoms with Crippen molar-refractivity contribution in [1.29, 1.82) is 0 Å². The van der Waals surface area contributed by atoms with Crippen LogP contribution in [0.5, 0.6) is 11.5 Å². The number of fused-ring (bicyclic) bond motifs is 2. The van der Waals surface area contributed by atoms with Crippen LogP contribution in [-0.2, 0) is 21.7 Å². The molecular formula is C42H42N2O6Si. The second-order valence-corrected chi connectivity index (χ2v) is 19.1. The Morgan fingerprint density at radius 1 is 0.843 bits per heavy atom. The van der Waals surface area contributed by atoms with Gasteiger partial charge >= 0.3 is 0 Å². The standard InChI is InChI=1S/C42H42N2O6Si/c1-26-39(51(4,5)32-18-15-30(48-2)16-19-32)37(21-22-45)50-42(26)34-24-31(49-3)17-20-35(34)43(41(42)47)25-27-9-6-12-29(23-27)44-36-14-8-11-28-10-7-13-33(38(28)36)40(44)46/h6-20,23-24,26,37,39,45H,21-22,25H2,1-5H3/t26-,37+,39-,42+/m1/s1. The van der Waals surface area contributed by atoms with Gasteiger partial charge in [0.05, 0.1) is 51.9 Å². The number of hydrogen-bond donors (Lipinski definition) is 1. The first-order valence-electron chi connectivity index (χ1n) is 17.5. The van der Waals surface area contributed by atoms with Gasteiger partial charge < -0.3 is 24.2 Å². The lowest BCUT2D eigenvalue weighted by atomic mass is 9.82. The summed E-state index contributed by atoms with van der Waals surface area (Å²) in [5.74, 6) is 1.06. The molecule has 0 radical (unpaired) electrons. The molecular weight excluding hydrogens is 657 g/mol. The van der Waals surface area contributed by atoms with E-state index in [0.717, 1.165) is 44.7 Å². The molecule has 0 bridgehead atoms. The Kier molecular flexibility index (Phi) is 8.05. The van der Waals surface area contributed by atoms with Crippen LogP contribution in [0.3, 0.4) is 0 Å². The quantitative estimate of drug-likeness (QED) is 0.163. The van der Waals surface area contributed by atoms with Gasteiger partial charge in [0.25, 0.3) is 11.8 Å². The van der Waals surface area contributed by atoms with Crippen molar-refractivity contribution < 1.29 is 28.9 Å². The van der Waals surface area contributed by atoms with Crippen molar-refractivity contribution >= 4 is 52.9 Å². The highest BCUT2D eigenvalue weighted by molar-refractivity contribution is 6.91. The lowest BCUT2D eigenvalue weighted by molar-refractivity contribution is -0.146. The number of methoxy groups -OCH3 is 2. The molecule has 0 aliphatic carbocycles. The van der Waals surface area contributed by atoms with Gasteiger partial charge in [-0.25, -0.2) is 0 Å². The molecule has 9 heteroatoms. The molecule has 0 aromatic heterocycles. The van der Waals surface area contributed by atoms with Crippen LogP contribution in [0.25, 0.3) is 10.8 Å². The summed E-state index contributed by atoms with van der Waals surface area (Å²) in [4.78, 5) is 32.5. The Labute approximate surface area is 299 Å². The van der Waals surface area contributed by atoms with Gasteiger partial charge in [-0.1, -0.05) is 73.7 Å². The minimum Gasteiger partial charge on any atom is -0.497 e. The van der Waals surface area contributed by atoms with E-state index in [1.54, 1.807) is 19.1 Å². The maximum absolute atomic E-state index is 15.1. The topological polar surface area (TPSA) is 88.5 Å². The molecule has 1 spiro atoms. The highest BCUT2D eigenvalue weighted by atomic mass is 28.3. The third kappa shape index (κ3) is 4.93. The second-order valence-electron chi connectivity index (χ2n) is 14.4. The van der Waals surface area contributed by atoms with Crippen molar-refractivity contribution in [2.75, 3.05) is 30.6 Å². The summed E-state index contributed by atoms with van der Waals surface area (Å²) in [6, 6.07) is 33.7. The zero-order valence-corrected chi connectivity index (χ0v) is 30.6. The van der Waals surface area contributed by atoms with Gasteiger partial charge in [0.1, 0.15) is 11.5 Å². The molecule has 1 fully saturated rings. The average molecular weight is 699 g/mol. The third-order valence-corrected chi connectivity index (χ3v) is 15.9. The van der Waals surface area contributed by atoms with Crippen LogP contribution in [0.15, 0.2) is 103 Å². The first-order valence-corrected chi connectivity index (χ1v) is 20.6. The van der Waals surface area contributed by atoms with Gasteiger partial charge in [-0.2, -0.15) is 0 Å². The summed E-state index contributed by atoms with van der Waals surface area (Å²) < 4.78 is 18.2. The highest BCUT2D eigenvalue weighted by Crippen LogP contribution is 2.60. The Morgan fingerprint density at radius 2 is 1.55 bits per heavy atom. The Hall–Kier alpha value is -4.96. The lowest BCUT2D eigenvalue weighted by Gasteiger charge is -2.37. The van der Waals surface area contributed by atoms with E-state index in [4.69, 9.17) is 14.2 Å². The molecule has 1 saturated heterocycles. The monoisotopic (exact) mass is 698 g/mol. The smallest absolute Gasteiger partial charge is 0.264 e. The Balaban J connectivity index is 1.18. The SMILES string of the molecule is COc1ccc([Si](C)(C)[C@H]2[C@H](CCO)O[C@@]3(C(=O)N(Cc4cccc(N5C(=O)c6cccc7cccc5c67)c4)c4ccc(OC)cc43)[C@@H]2C)cc1. The van der Waals surface area contributed by atoms with Gasteiger partial charge in [-0.15, -0.1) is 0 Å². The van der Waals surface area contributed by atoms with E-state index in [1.165, 1.54) is 5.19 Å². The summed E-state index contributed by atoms with van der Waals surface area (Å²) in [6.07, 6.45) is 0.0994. The summed E-state index contributed by atoms with van der Waals surface area (Å²) >= 11 is 0. The number of carbonyl (C=O) groups is 2. The molecule has 8 rings (SSSR count). The lowest BCUT2D eigenvalue weighted by Crippen LogP contribution is -2.51. The molecule has 260 valence electrons. The molecule has 1 N–H and O–H groups in total. The van der Waals surface area contributed by atoms with Crippen LogP contribution in [0, 0.1) is 5.92 Å². The zero-order chi connectivity index (χ0) is 35.7. The first-order chi connectivity index (χ1) is 24.6. The van der Waals surface area contributed by atoms with Crippen molar-refractivity contribution in [2.45, 2.75) is 50.2 Å². The van der Waals surface area contributed by atoms with E-state index >= 15 is 4.79 Å². The Morgan fingerprint density at radius 3 is 2.27 bits per heavy atom. The minimum atomic E-state index is -2.31. The van der Waals surface area contributed by atoms with E-state index in [-0.39, 0.29) is 42.5 Å². The molecule has 4 atom stereocenters. The van der Waals surface area contributed by atoms with Crippen molar-refractivity contribution in [1.82, 2.24) is 0 Å².